The molecule has 4 nitrogen and oxygen atoms in total. The van der Waals surface area contributed by atoms with Crippen LogP contribution in [-0.2, 0) is 4.79 Å². The van der Waals surface area contributed by atoms with E-state index in [0.717, 1.165) is 34.3 Å². The zero-order valence-corrected chi connectivity index (χ0v) is 15.2. The van der Waals surface area contributed by atoms with Crippen molar-refractivity contribution in [2.24, 2.45) is 5.92 Å². The Balaban J connectivity index is 1.59. The molecular formula is C19H21BrN2O2. The predicted octanol–water partition coefficient (Wildman–Crippen LogP) is 4.14. The Morgan fingerprint density at radius 1 is 1.25 bits per heavy atom. The van der Waals surface area contributed by atoms with Gasteiger partial charge in [0.2, 0.25) is 5.91 Å². The molecule has 0 aliphatic heterocycles. The maximum absolute atomic E-state index is 12.3. The van der Waals surface area contributed by atoms with Crippen LogP contribution in [0.2, 0.25) is 0 Å². The fraction of sp³-hybridized carbons (Fsp3) is 0.316. The summed E-state index contributed by atoms with van der Waals surface area (Å²) in [4.78, 5) is 12.3. The summed E-state index contributed by atoms with van der Waals surface area (Å²) in [6.45, 7) is 0.260. The van der Waals surface area contributed by atoms with Gasteiger partial charge < -0.3 is 15.4 Å². The van der Waals surface area contributed by atoms with Crippen molar-refractivity contribution < 1.29 is 9.53 Å². The largest absolute Gasteiger partial charge is 0.497 e. The molecule has 0 bridgehead atoms. The summed E-state index contributed by atoms with van der Waals surface area (Å²) in [5.74, 6) is 1.37. The van der Waals surface area contributed by atoms with Gasteiger partial charge in [-0.3, -0.25) is 4.79 Å². The maximum Gasteiger partial charge on any atom is 0.239 e. The third-order valence-electron chi connectivity index (χ3n) is 4.16. The lowest BCUT2D eigenvalue weighted by atomic mass is 10.0. The van der Waals surface area contributed by atoms with Crippen LogP contribution < -0.4 is 15.4 Å². The van der Waals surface area contributed by atoms with Crippen molar-refractivity contribution in [1.29, 1.82) is 0 Å². The van der Waals surface area contributed by atoms with Crippen molar-refractivity contribution in [2.45, 2.75) is 18.9 Å². The summed E-state index contributed by atoms with van der Waals surface area (Å²) < 4.78 is 6.19. The van der Waals surface area contributed by atoms with E-state index in [1.54, 1.807) is 7.11 Å². The molecular weight excluding hydrogens is 368 g/mol. The quantitative estimate of drug-likeness (QED) is 0.749. The normalized spacial score (nSPS) is 14.8. The number of carbonyl (C=O) groups excluding carboxylic acids is 1. The zero-order chi connectivity index (χ0) is 16.9. The second-order valence-electron chi connectivity index (χ2n) is 6.02. The number of halogens is 1. The maximum atomic E-state index is 12.3. The van der Waals surface area contributed by atoms with E-state index in [1.807, 2.05) is 48.5 Å². The minimum Gasteiger partial charge on any atom is -0.497 e. The highest BCUT2D eigenvalue weighted by Gasteiger charge is 2.33. The number of rotatable bonds is 7. The number of hydrogen-bond donors (Lipinski definition) is 2. The SMILES string of the molecule is COc1ccc(C(NC(=O)CNc2cccc(Br)c2)C2CC2)cc1. The number of nitrogens with one attached hydrogen (secondary N) is 2. The van der Waals surface area contributed by atoms with E-state index >= 15 is 0 Å². The molecule has 0 radical (unpaired) electrons. The Morgan fingerprint density at radius 2 is 2.00 bits per heavy atom. The Hall–Kier alpha value is -2.01. The van der Waals surface area contributed by atoms with Crippen molar-refractivity contribution in [3.05, 3.63) is 58.6 Å². The van der Waals surface area contributed by atoms with Crippen molar-refractivity contribution in [3.8, 4) is 5.75 Å². The molecule has 1 saturated carbocycles. The van der Waals surface area contributed by atoms with Crippen LogP contribution in [0.5, 0.6) is 5.75 Å². The van der Waals surface area contributed by atoms with Gasteiger partial charge >= 0.3 is 0 Å². The molecule has 2 N–H and O–H groups in total. The van der Waals surface area contributed by atoms with Crippen molar-refractivity contribution in [1.82, 2.24) is 5.32 Å². The minimum atomic E-state index is 0.00249. The number of benzene rings is 2. The standard InChI is InChI=1S/C19H21BrN2O2/c1-24-17-9-7-14(8-10-17)19(13-5-6-13)22-18(23)12-21-16-4-2-3-15(20)11-16/h2-4,7-11,13,19,21H,5-6,12H2,1H3,(H,22,23). The Morgan fingerprint density at radius 3 is 2.62 bits per heavy atom. The number of anilines is 1. The molecule has 1 amide bonds. The molecule has 1 fully saturated rings. The van der Waals surface area contributed by atoms with Gasteiger partial charge in [-0.05, 0) is 54.7 Å². The third kappa shape index (κ3) is 4.51. The second-order valence-corrected chi connectivity index (χ2v) is 6.94. The molecule has 5 heteroatoms. The van der Waals surface area contributed by atoms with Gasteiger partial charge in [0.15, 0.2) is 0 Å². The molecule has 0 spiro atoms. The topological polar surface area (TPSA) is 50.4 Å². The van der Waals surface area contributed by atoms with Crippen LogP contribution >= 0.6 is 15.9 Å². The van der Waals surface area contributed by atoms with Crippen LogP contribution in [0.4, 0.5) is 5.69 Å². The van der Waals surface area contributed by atoms with Gasteiger partial charge in [0.25, 0.3) is 0 Å². The van der Waals surface area contributed by atoms with Crippen molar-refractivity contribution in [2.75, 3.05) is 19.0 Å². The van der Waals surface area contributed by atoms with Crippen LogP contribution in [0.25, 0.3) is 0 Å². The first-order valence-corrected chi connectivity index (χ1v) is 8.88. The highest BCUT2D eigenvalue weighted by Crippen LogP contribution is 2.41. The molecule has 0 saturated heterocycles. The summed E-state index contributed by atoms with van der Waals surface area (Å²) in [5, 5.41) is 6.32. The van der Waals surface area contributed by atoms with Crippen molar-refractivity contribution in [3.63, 3.8) is 0 Å². The van der Waals surface area contributed by atoms with E-state index in [2.05, 4.69) is 26.6 Å². The lowest BCUT2D eigenvalue weighted by Gasteiger charge is -2.19. The lowest BCUT2D eigenvalue weighted by molar-refractivity contribution is -0.120. The first-order chi connectivity index (χ1) is 11.7. The smallest absolute Gasteiger partial charge is 0.239 e. The highest BCUT2D eigenvalue weighted by molar-refractivity contribution is 9.10. The van der Waals surface area contributed by atoms with Gasteiger partial charge in [-0.25, -0.2) is 0 Å². The second kappa shape index (κ2) is 7.71. The Kier molecular flexibility index (Phi) is 5.41. The average Bonchev–Trinajstić information content (AvgIpc) is 3.43. The van der Waals surface area contributed by atoms with Crippen LogP contribution in [0.15, 0.2) is 53.0 Å². The summed E-state index contributed by atoms with van der Waals surface area (Å²) in [5.41, 5.74) is 2.06. The molecule has 3 rings (SSSR count). The molecule has 1 aliphatic carbocycles. The van der Waals surface area contributed by atoms with Crippen LogP contribution in [-0.4, -0.2) is 19.6 Å². The van der Waals surface area contributed by atoms with Gasteiger partial charge in [-0.1, -0.05) is 34.1 Å². The van der Waals surface area contributed by atoms with Gasteiger partial charge in [0, 0.05) is 10.2 Å². The van der Waals surface area contributed by atoms with E-state index in [-0.39, 0.29) is 18.5 Å². The summed E-state index contributed by atoms with van der Waals surface area (Å²) in [7, 11) is 1.66. The van der Waals surface area contributed by atoms with Crippen LogP contribution in [0.3, 0.4) is 0 Å². The molecule has 24 heavy (non-hydrogen) atoms. The van der Waals surface area contributed by atoms with Crippen LogP contribution in [0.1, 0.15) is 24.4 Å². The molecule has 2 aromatic rings. The highest BCUT2D eigenvalue weighted by atomic mass is 79.9. The lowest BCUT2D eigenvalue weighted by Crippen LogP contribution is -2.34. The monoisotopic (exact) mass is 388 g/mol. The molecule has 1 aliphatic rings. The third-order valence-corrected chi connectivity index (χ3v) is 4.66. The van der Waals surface area contributed by atoms with Gasteiger partial charge in [0.05, 0.1) is 19.7 Å². The summed E-state index contributed by atoms with van der Waals surface area (Å²) in [6.07, 6.45) is 2.33. The molecule has 2 aromatic carbocycles. The molecule has 126 valence electrons. The number of methoxy groups -OCH3 is 1. The Bertz CT molecular complexity index is 699. The van der Waals surface area contributed by atoms with Crippen LogP contribution in [0, 0.1) is 5.92 Å². The van der Waals surface area contributed by atoms with E-state index in [9.17, 15) is 4.79 Å². The first-order valence-electron chi connectivity index (χ1n) is 8.08. The van der Waals surface area contributed by atoms with Gasteiger partial charge in [-0.2, -0.15) is 0 Å². The first kappa shape index (κ1) is 16.8. The number of ether oxygens (including phenoxy) is 1. The van der Waals surface area contributed by atoms with E-state index in [1.165, 1.54) is 0 Å². The average molecular weight is 389 g/mol. The Labute approximate surface area is 150 Å². The predicted molar refractivity (Wildman–Crippen MR) is 99.2 cm³/mol. The number of hydrogen-bond acceptors (Lipinski definition) is 3. The van der Waals surface area contributed by atoms with E-state index < -0.39 is 0 Å². The van der Waals surface area contributed by atoms with E-state index in [0.29, 0.717) is 5.92 Å². The zero-order valence-electron chi connectivity index (χ0n) is 13.6. The summed E-state index contributed by atoms with van der Waals surface area (Å²) in [6, 6.07) is 15.8. The fourth-order valence-electron chi connectivity index (χ4n) is 2.72. The molecule has 0 aromatic heterocycles. The fourth-order valence-corrected chi connectivity index (χ4v) is 3.12. The minimum absolute atomic E-state index is 0.00249. The van der Waals surface area contributed by atoms with Gasteiger partial charge in [-0.15, -0.1) is 0 Å². The van der Waals surface area contributed by atoms with E-state index in [4.69, 9.17) is 4.74 Å². The molecule has 1 atom stereocenters. The molecule has 0 heterocycles. The van der Waals surface area contributed by atoms with Gasteiger partial charge in [0.1, 0.15) is 5.75 Å². The summed E-state index contributed by atoms with van der Waals surface area (Å²) >= 11 is 3.43. The number of amides is 1. The molecule has 1 unspecified atom stereocenters. The number of carbonyl (C=O) groups is 1. The van der Waals surface area contributed by atoms with Crippen molar-refractivity contribution >= 4 is 27.5 Å².